The van der Waals surface area contributed by atoms with Gasteiger partial charge in [0.25, 0.3) is 0 Å². The highest BCUT2D eigenvalue weighted by molar-refractivity contribution is 9.10. The van der Waals surface area contributed by atoms with Crippen molar-refractivity contribution in [1.29, 1.82) is 0 Å². The molecule has 0 saturated heterocycles. The predicted molar refractivity (Wildman–Crippen MR) is 428 cm³/mol. The first-order chi connectivity index (χ1) is 50.2. The van der Waals surface area contributed by atoms with Gasteiger partial charge in [-0.15, -0.1) is 0 Å². The standard InChI is InChI=1S/C54H30O4.C18H12BO3.C18H8Br2O2.CH4/c1-3-7-31(8-4-1)33-11-18-46-41(25-33)43-28-36(13-20-48(43)55-46)35-15-22-50-40(27-35)39-17-24-52-53(54(39)58-50)45-30-38(16-23-51(45)57-52)37-14-21-49-44(29-37)42-26-34(12-19-47(42)56-49)32-9-5-2-6-10-32;20-19-22-14-7-9-18-16(11-14)15-10-13(6-8-17(15)21-18)12-4-2-1-3-5-12;19-9-1-4-14-12(7-9)11-3-6-16-17(18(11)22-14)13-8-10(20)2-5-15(13)21-16;/h1-30H;1-11,20H;1-8H;1H4. The van der Waals surface area contributed by atoms with Crippen LogP contribution in [0.1, 0.15) is 7.43 Å². The fourth-order valence-electron chi connectivity index (χ4n) is 14.7. The van der Waals surface area contributed by atoms with Gasteiger partial charge in [0, 0.05) is 73.6 Å². The van der Waals surface area contributed by atoms with Gasteiger partial charge in [-0.3, -0.25) is 0 Å². The van der Waals surface area contributed by atoms with E-state index >= 15 is 0 Å². The highest BCUT2D eigenvalue weighted by atomic mass is 79.9. The summed E-state index contributed by atoms with van der Waals surface area (Å²) in [4.78, 5) is 0. The van der Waals surface area contributed by atoms with E-state index in [1.165, 1.54) is 22.3 Å². The minimum absolute atomic E-state index is 0. The maximum absolute atomic E-state index is 8.78. The third-order valence-electron chi connectivity index (χ3n) is 19.6. The molecule has 0 unspecified atom stereocenters. The number of halogens is 2. The first-order valence-electron chi connectivity index (χ1n) is 33.4. The van der Waals surface area contributed by atoms with Crippen LogP contribution in [-0.2, 0) is 0 Å². The van der Waals surface area contributed by atoms with Crippen LogP contribution in [0.3, 0.4) is 0 Å². The van der Waals surface area contributed by atoms with Crippen LogP contribution in [0.15, 0.2) is 337 Å². The van der Waals surface area contributed by atoms with E-state index in [1.54, 1.807) is 6.07 Å². The molecule has 15 aromatic carbocycles. The number of hydrogen-bond acceptors (Lipinski definition) is 9. The van der Waals surface area contributed by atoms with Gasteiger partial charge in [-0.2, -0.15) is 0 Å². The molecule has 22 aromatic rings. The lowest BCUT2D eigenvalue weighted by Gasteiger charge is -2.03. The van der Waals surface area contributed by atoms with Crippen molar-refractivity contribution in [2.75, 3.05) is 0 Å². The largest absolute Gasteiger partial charge is 0.569 e. The molecule has 489 valence electrons. The quantitative estimate of drug-likeness (QED) is 0.155. The Labute approximate surface area is 604 Å². The van der Waals surface area contributed by atoms with Gasteiger partial charge in [-0.25, -0.2) is 0 Å². The molecule has 1 radical (unpaired) electrons. The smallest absolute Gasteiger partial charge is 0.537 e. The summed E-state index contributed by atoms with van der Waals surface area (Å²) in [6.45, 7) is 0. The molecule has 9 nitrogen and oxygen atoms in total. The van der Waals surface area contributed by atoms with Crippen LogP contribution in [-0.4, -0.2) is 12.7 Å². The molecule has 103 heavy (non-hydrogen) atoms. The van der Waals surface area contributed by atoms with Crippen LogP contribution < -0.4 is 4.65 Å². The van der Waals surface area contributed by atoms with Crippen molar-refractivity contribution in [3.63, 3.8) is 0 Å². The predicted octanol–water partition coefficient (Wildman–Crippen LogP) is 27.8. The van der Waals surface area contributed by atoms with E-state index in [9.17, 15) is 0 Å². The fourth-order valence-corrected chi connectivity index (χ4v) is 15.5. The summed E-state index contributed by atoms with van der Waals surface area (Å²) in [5.74, 6) is 0.572. The molecule has 7 heterocycles. The van der Waals surface area contributed by atoms with E-state index in [0.29, 0.717) is 13.4 Å². The van der Waals surface area contributed by atoms with E-state index in [-0.39, 0.29) is 7.43 Å². The molecule has 0 spiro atoms. The molecule has 1 N–H and O–H groups in total. The van der Waals surface area contributed by atoms with Crippen molar-refractivity contribution in [1.82, 2.24) is 0 Å². The Hall–Kier alpha value is -12.3. The zero-order valence-corrected chi connectivity index (χ0v) is 57.0. The molecule has 0 saturated carbocycles. The Bertz CT molecular complexity index is 7120. The van der Waals surface area contributed by atoms with E-state index < -0.39 is 0 Å². The molecule has 0 atom stereocenters. The number of furan rings is 7. The number of benzene rings is 15. The van der Waals surface area contributed by atoms with E-state index in [2.05, 4.69) is 244 Å². The number of hydrogen-bond donors (Lipinski definition) is 1. The van der Waals surface area contributed by atoms with Gasteiger partial charge in [0.05, 0.1) is 10.8 Å². The maximum Gasteiger partial charge on any atom is 0.569 e. The zero-order valence-electron chi connectivity index (χ0n) is 53.8. The average molecular weight is 1460 g/mol. The molecule has 22 rings (SSSR count). The lowest BCUT2D eigenvalue weighted by atomic mass is 9.98. The van der Waals surface area contributed by atoms with Crippen LogP contribution >= 0.6 is 31.9 Å². The van der Waals surface area contributed by atoms with Crippen molar-refractivity contribution >= 4 is 193 Å². The van der Waals surface area contributed by atoms with Gasteiger partial charge in [-0.1, -0.05) is 173 Å². The molecule has 12 heteroatoms. The summed E-state index contributed by atoms with van der Waals surface area (Å²) in [7, 11) is 0.679. The van der Waals surface area contributed by atoms with Crippen LogP contribution in [0.25, 0.3) is 209 Å². The Morgan fingerprint density at radius 2 is 0.476 bits per heavy atom. The summed E-state index contributed by atoms with van der Waals surface area (Å²) in [5.41, 5.74) is 23.4. The SMILES string of the molecule is Brc1ccc2oc3c(ccc4oc5ccc(Br)cc5c43)c2c1.C.O[B]Oc1ccc2oc3ccc(-c4ccccc4)cc3c2c1.c1ccc(-c2ccc3oc4ccc(-c5ccc6oc7c(ccc8oc9ccc(-c%10ccc%11oc%12ccc(-c%13ccccc%13)cc%12c%11c%10)cc9c87)c6c5)cc4c3c2)cc1. The summed E-state index contributed by atoms with van der Waals surface area (Å²) in [5, 5.41) is 23.6. The maximum atomic E-state index is 8.78. The Balaban J connectivity index is 0.000000132. The Morgan fingerprint density at radius 1 is 0.223 bits per heavy atom. The highest BCUT2D eigenvalue weighted by Crippen LogP contribution is 2.46. The lowest BCUT2D eigenvalue weighted by Crippen LogP contribution is -1.98. The van der Waals surface area contributed by atoms with Crippen LogP contribution in [0.4, 0.5) is 0 Å². The van der Waals surface area contributed by atoms with Gasteiger partial charge in [0.15, 0.2) is 0 Å². The third kappa shape index (κ3) is 10.6. The van der Waals surface area contributed by atoms with Crippen molar-refractivity contribution in [2.45, 2.75) is 7.43 Å². The van der Waals surface area contributed by atoms with E-state index in [4.69, 9.17) is 40.6 Å². The van der Waals surface area contributed by atoms with Crippen LogP contribution in [0.5, 0.6) is 5.75 Å². The molecule has 0 aliphatic heterocycles. The molecule has 0 amide bonds. The van der Waals surface area contributed by atoms with Crippen molar-refractivity contribution in [3.05, 3.63) is 306 Å². The minimum atomic E-state index is 0. The Morgan fingerprint density at radius 3 is 0.845 bits per heavy atom. The minimum Gasteiger partial charge on any atom is -0.537 e. The van der Waals surface area contributed by atoms with Crippen molar-refractivity contribution in [3.8, 4) is 61.4 Å². The molecule has 7 aromatic heterocycles. The number of rotatable bonds is 7. The molecular formula is C91H54BBr2O9. The first kappa shape index (κ1) is 61.7. The summed E-state index contributed by atoms with van der Waals surface area (Å²) >= 11 is 7.06. The first-order valence-corrected chi connectivity index (χ1v) is 35.0. The van der Waals surface area contributed by atoms with Crippen molar-refractivity contribution < 1.29 is 40.6 Å². The zero-order chi connectivity index (χ0) is 67.7. The molecule has 0 aliphatic carbocycles. The van der Waals surface area contributed by atoms with Gasteiger partial charge in [0.2, 0.25) is 0 Å². The third-order valence-corrected chi connectivity index (χ3v) is 20.6. The second-order valence-electron chi connectivity index (χ2n) is 25.6. The van der Waals surface area contributed by atoms with Crippen molar-refractivity contribution in [2.24, 2.45) is 0 Å². The molecule has 0 bridgehead atoms. The summed E-state index contributed by atoms with van der Waals surface area (Å²) in [6.07, 6.45) is 0. The van der Waals surface area contributed by atoms with E-state index in [1.807, 2.05) is 78.9 Å². The summed E-state index contributed by atoms with van der Waals surface area (Å²) < 4.78 is 50.7. The highest BCUT2D eigenvalue weighted by Gasteiger charge is 2.21. The average Bonchev–Trinajstić information content (AvgIpc) is 1.59. The fraction of sp³-hybridized carbons (Fsp3) is 0.0110. The topological polar surface area (TPSA) is 121 Å². The summed E-state index contributed by atoms with van der Waals surface area (Å²) in [6, 6.07) is 102. The van der Waals surface area contributed by atoms with E-state index in [0.717, 1.165) is 196 Å². The second kappa shape index (κ2) is 24.8. The van der Waals surface area contributed by atoms with Crippen LogP contribution in [0.2, 0.25) is 0 Å². The lowest BCUT2D eigenvalue weighted by molar-refractivity contribution is 0.454. The van der Waals surface area contributed by atoms with Crippen LogP contribution in [0, 0.1) is 0 Å². The van der Waals surface area contributed by atoms with Gasteiger partial charge in [-0.05, 0) is 219 Å². The molecular weight excluding hydrogens is 1410 g/mol. The molecule has 0 fully saturated rings. The monoisotopic (exact) mass is 1460 g/mol. The normalized spacial score (nSPS) is 11.8. The Kier molecular flexibility index (Phi) is 14.9. The number of fused-ring (bicyclic) bond motifs is 23. The van der Waals surface area contributed by atoms with Gasteiger partial charge < -0.3 is 40.6 Å². The second-order valence-corrected chi connectivity index (χ2v) is 27.4. The molecule has 0 aliphatic rings. The van der Waals surface area contributed by atoms with Gasteiger partial charge in [0.1, 0.15) is 83.9 Å². The van der Waals surface area contributed by atoms with Gasteiger partial charge >= 0.3 is 7.69 Å².